The third-order valence-electron chi connectivity index (χ3n) is 3.99. The molecule has 0 N–H and O–H groups in total. The Bertz CT molecular complexity index is 275. The van der Waals surface area contributed by atoms with Crippen molar-refractivity contribution in [2.45, 2.75) is 84.6 Å². The maximum Gasteiger partial charge on any atom is 0.0714 e. The second kappa shape index (κ2) is 6.41. The molecule has 3 heteroatoms. The van der Waals surface area contributed by atoms with Crippen molar-refractivity contribution >= 4 is 9.24 Å². The summed E-state index contributed by atoms with van der Waals surface area (Å²) in [5.74, 6) is 0. The summed E-state index contributed by atoms with van der Waals surface area (Å²) >= 11 is 0. The smallest absolute Gasteiger partial charge is 0.0714 e. The highest BCUT2D eigenvalue weighted by Crippen LogP contribution is 2.43. The van der Waals surface area contributed by atoms with Crippen LogP contribution in [-0.2, 0) is 9.47 Å². The van der Waals surface area contributed by atoms with Crippen molar-refractivity contribution in [2.24, 2.45) is 5.41 Å². The van der Waals surface area contributed by atoms with Gasteiger partial charge in [-0.3, -0.25) is 0 Å². The maximum absolute atomic E-state index is 6.18. The highest BCUT2D eigenvalue weighted by Gasteiger charge is 2.41. The van der Waals surface area contributed by atoms with Gasteiger partial charge in [-0.05, 0) is 46.0 Å². The first-order chi connectivity index (χ1) is 8.22. The molecule has 0 spiro atoms. The minimum atomic E-state index is -0.172. The number of hydrogen-bond acceptors (Lipinski definition) is 2. The molecule has 2 atom stereocenters. The number of ether oxygens (including phenoxy) is 2. The van der Waals surface area contributed by atoms with Gasteiger partial charge in [0, 0.05) is 12.3 Å². The lowest BCUT2D eigenvalue weighted by molar-refractivity contribution is -0.0781. The van der Waals surface area contributed by atoms with E-state index in [0.717, 1.165) is 19.4 Å². The SMILES string of the molecule is COC(C)(C)CCOC(C)(C)C(C)(P)CC(C)(C)C. The summed E-state index contributed by atoms with van der Waals surface area (Å²) in [6, 6.07) is 0. The number of hydrogen-bond donors (Lipinski definition) is 0. The van der Waals surface area contributed by atoms with Gasteiger partial charge in [-0.25, -0.2) is 0 Å². The highest BCUT2D eigenvalue weighted by atomic mass is 31.0. The van der Waals surface area contributed by atoms with Gasteiger partial charge in [-0.15, -0.1) is 9.24 Å². The van der Waals surface area contributed by atoms with E-state index in [-0.39, 0.29) is 16.4 Å². The molecule has 0 aliphatic rings. The molecule has 0 aliphatic heterocycles. The van der Waals surface area contributed by atoms with Gasteiger partial charge in [0.1, 0.15) is 0 Å². The Balaban J connectivity index is 4.53. The molecule has 0 aromatic carbocycles. The molecule has 0 bridgehead atoms. The molecule has 19 heavy (non-hydrogen) atoms. The Labute approximate surface area is 123 Å². The first kappa shape index (κ1) is 19.4. The number of methoxy groups -OCH3 is 1. The van der Waals surface area contributed by atoms with Crippen LogP contribution in [0.5, 0.6) is 0 Å². The van der Waals surface area contributed by atoms with E-state index in [1.807, 2.05) is 0 Å². The average Bonchev–Trinajstić information content (AvgIpc) is 2.13. The Morgan fingerprint density at radius 2 is 1.37 bits per heavy atom. The second-order valence-corrected chi connectivity index (χ2v) is 9.50. The van der Waals surface area contributed by atoms with Crippen LogP contribution in [0.3, 0.4) is 0 Å². The zero-order valence-electron chi connectivity index (χ0n) is 14.5. The fourth-order valence-electron chi connectivity index (χ4n) is 2.13. The molecule has 0 aromatic rings. The molecular formula is C16H35O2P. The summed E-state index contributed by atoms with van der Waals surface area (Å²) < 4.78 is 11.6. The molecule has 0 saturated heterocycles. The fourth-order valence-corrected chi connectivity index (χ4v) is 2.83. The standard InChI is InChI=1S/C16H35O2P/c1-13(2,3)12-16(8,19)15(6,7)18-11-10-14(4,5)17-9/h10-12,19H2,1-9H3. The Hall–Kier alpha value is 0.350. The summed E-state index contributed by atoms with van der Waals surface area (Å²) in [5.41, 5.74) is 0.00902. The first-order valence-electron chi connectivity index (χ1n) is 7.20. The van der Waals surface area contributed by atoms with Crippen LogP contribution in [0, 0.1) is 5.41 Å². The zero-order chi connectivity index (χ0) is 15.5. The van der Waals surface area contributed by atoms with Crippen LogP contribution in [0.25, 0.3) is 0 Å². The van der Waals surface area contributed by atoms with Crippen LogP contribution in [0.15, 0.2) is 0 Å². The van der Waals surface area contributed by atoms with Crippen LogP contribution in [0.4, 0.5) is 0 Å². The van der Waals surface area contributed by atoms with Gasteiger partial charge in [0.2, 0.25) is 0 Å². The van der Waals surface area contributed by atoms with E-state index >= 15 is 0 Å². The molecule has 0 rings (SSSR count). The average molecular weight is 290 g/mol. The zero-order valence-corrected chi connectivity index (χ0v) is 15.7. The summed E-state index contributed by atoms with van der Waals surface area (Å²) in [6.07, 6.45) is 2.01. The van der Waals surface area contributed by atoms with E-state index in [1.165, 1.54) is 0 Å². The van der Waals surface area contributed by atoms with Gasteiger partial charge < -0.3 is 9.47 Å². The molecule has 0 heterocycles. The third kappa shape index (κ3) is 7.06. The molecule has 0 fully saturated rings. The molecule has 0 saturated carbocycles. The first-order valence-corrected chi connectivity index (χ1v) is 7.78. The molecule has 0 radical (unpaired) electrons. The summed E-state index contributed by atoms with van der Waals surface area (Å²) in [6.45, 7) is 18.4. The lowest BCUT2D eigenvalue weighted by atomic mass is 9.77. The third-order valence-corrected chi connectivity index (χ3v) is 4.89. The van der Waals surface area contributed by atoms with Crippen molar-refractivity contribution in [2.75, 3.05) is 13.7 Å². The summed E-state index contributed by atoms with van der Waals surface area (Å²) in [4.78, 5) is 0. The van der Waals surface area contributed by atoms with Crippen LogP contribution in [0.1, 0.15) is 68.2 Å². The van der Waals surface area contributed by atoms with E-state index in [2.05, 4.69) is 64.6 Å². The topological polar surface area (TPSA) is 18.5 Å². The lowest BCUT2D eigenvalue weighted by Crippen LogP contribution is -2.47. The molecule has 2 unspecified atom stereocenters. The van der Waals surface area contributed by atoms with Crippen LogP contribution in [-0.4, -0.2) is 30.1 Å². The quantitative estimate of drug-likeness (QED) is 0.634. The lowest BCUT2D eigenvalue weighted by Gasteiger charge is -2.45. The Morgan fingerprint density at radius 3 is 1.74 bits per heavy atom. The molecule has 0 amide bonds. The predicted molar refractivity (Wildman–Crippen MR) is 87.9 cm³/mol. The van der Waals surface area contributed by atoms with Crippen molar-refractivity contribution < 1.29 is 9.47 Å². The van der Waals surface area contributed by atoms with Crippen molar-refractivity contribution in [1.29, 1.82) is 0 Å². The molecule has 116 valence electrons. The highest BCUT2D eigenvalue weighted by molar-refractivity contribution is 7.19. The molecule has 2 nitrogen and oxygen atoms in total. The van der Waals surface area contributed by atoms with E-state index in [1.54, 1.807) is 7.11 Å². The second-order valence-electron chi connectivity index (χ2n) is 8.23. The monoisotopic (exact) mass is 290 g/mol. The van der Waals surface area contributed by atoms with Gasteiger partial charge in [-0.2, -0.15) is 0 Å². The van der Waals surface area contributed by atoms with Crippen molar-refractivity contribution in [3.8, 4) is 0 Å². The van der Waals surface area contributed by atoms with E-state index in [0.29, 0.717) is 5.41 Å². The van der Waals surface area contributed by atoms with E-state index in [9.17, 15) is 0 Å². The molecular weight excluding hydrogens is 255 g/mol. The summed E-state index contributed by atoms with van der Waals surface area (Å²) in [5, 5.41) is 0.0580. The van der Waals surface area contributed by atoms with E-state index < -0.39 is 0 Å². The van der Waals surface area contributed by atoms with Gasteiger partial charge in [0.15, 0.2) is 0 Å². The van der Waals surface area contributed by atoms with Gasteiger partial charge in [0.25, 0.3) is 0 Å². The van der Waals surface area contributed by atoms with Gasteiger partial charge >= 0.3 is 0 Å². The molecule has 0 aromatic heterocycles. The van der Waals surface area contributed by atoms with Crippen molar-refractivity contribution in [3.05, 3.63) is 0 Å². The van der Waals surface area contributed by atoms with Crippen molar-refractivity contribution in [1.82, 2.24) is 0 Å². The predicted octanol–water partition coefficient (Wildman–Crippen LogP) is 4.67. The van der Waals surface area contributed by atoms with Gasteiger partial charge in [-0.1, -0.05) is 27.7 Å². The van der Waals surface area contributed by atoms with E-state index in [4.69, 9.17) is 9.47 Å². The Morgan fingerprint density at radius 1 is 0.895 bits per heavy atom. The fraction of sp³-hybridized carbons (Fsp3) is 1.00. The minimum absolute atomic E-state index is 0.0580. The summed E-state index contributed by atoms with van der Waals surface area (Å²) in [7, 11) is 4.76. The normalized spacial score (nSPS) is 17.4. The number of rotatable bonds is 7. The van der Waals surface area contributed by atoms with Crippen LogP contribution in [0.2, 0.25) is 0 Å². The largest absolute Gasteiger partial charge is 0.379 e. The van der Waals surface area contributed by atoms with Crippen LogP contribution >= 0.6 is 9.24 Å². The van der Waals surface area contributed by atoms with Crippen LogP contribution < -0.4 is 0 Å². The van der Waals surface area contributed by atoms with Gasteiger partial charge in [0.05, 0.1) is 17.8 Å². The molecule has 0 aliphatic carbocycles. The van der Waals surface area contributed by atoms with Crippen molar-refractivity contribution in [3.63, 3.8) is 0 Å². The Kier molecular flexibility index (Phi) is 6.53. The maximum atomic E-state index is 6.18. The minimum Gasteiger partial charge on any atom is -0.379 e.